The summed E-state index contributed by atoms with van der Waals surface area (Å²) in [4.78, 5) is 1.91. The fourth-order valence-corrected chi connectivity index (χ4v) is 2.09. The van der Waals surface area contributed by atoms with E-state index in [1.165, 1.54) is 0 Å². The molecule has 0 saturated carbocycles. The first-order chi connectivity index (χ1) is 6.38. The number of halogens is 3. The minimum absolute atomic E-state index is 0.212. The lowest BCUT2D eigenvalue weighted by molar-refractivity contribution is 0.105. The standard InChI is InChI=1S/C8H14Cl3N3/c1-4-13-5-12-14(6(2)3)7(13)8(9,10)11/h5-7H,4H2,1-3H3. The highest BCUT2D eigenvalue weighted by Gasteiger charge is 2.43. The molecule has 0 aromatic heterocycles. The molecular formula is C8H14Cl3N3. The summed E-state index contributed by atoms with van der Waals surface area (Å²) in [5.74, 6) is 0. The largest absolute Gasteiger partial charge is 0.336 e. The van der Waals surface area contributed by atoms with E-state index in [9.17, 15) is 0 Å². The van der Waals surface area contributed by atoms with Gasteiger partial charge in [-0.3, -0.25) is 5.01 Å². The van der Waals surface area contributed by atoms with Gasteiger partial charge in [0.15, 0.2) is 6.17 Å². The molecule has 82 valence electrons. The quantitative estimate of drug-likeness (QED) is 0.709. The molecule has 0 saturated heterocycles. The van der Waals surface area contributed by atoms with E-state index in [0.29, 0.717) is 0 Å². The van der Waals surface area contributed by atoms with Crippen molar-refractivity contribution in [3.05, 3.63) is 0 Å². The average molecular weight is 259 g/mol. The van der Waals surface area contributed by atoms with E-state index in [-0.39, 0.29) is 12.2 Å². The normalized spacial score (nSPS) is 22.6. The first kappa shape index (κ1) is 12.2. The van der Waals surface area contributed by atoms with E-state index in [1.54, 1.807) is 11.3 Å². The van der Waals surface area contributed by atoms with Gasteiger partial charge in [0.2, 0.25) is 3.79 Å². The highest BCUT2D eigenvalue weighted by atomic mass is 35.6. The summed E-state index contributed by atoms with van der Waals surface area (Å²) >= 11 is 17.8. The maximum atomic E-state index is 5.92. The van der Waals surface area contributed by atoms with Gasteiger partial charge in [-0.1, -0.05) is 34.8 Å². The Labute approximate surface area is 99.6 Å². The fourth-order valence-electron chi connectivity index (χ4n) is 1.41. The van der Waals surface area contributed by atoms with Crippen LogP contribution in [0.1, 0.15) is 20.8 Å². The van der Waals surface area contributed by atoms with E-state index >= 15 is 0 Å². The number of hydrogen-bond donors (Lipinski definition) is 0. The fraction of sp³-hybridized carbons (Fsp3) is 0.875. The van der Waals surface area contributed by atoms with Crippen LogP contribution < -0.4 is 0 Å². The molecule has 0 aliphatic carbocycles. The summed E-state index contributed by atoms with van der Waals surface area (Å²) in [5, 5.41) is 6.02. The second kappa shape index (κ2) is 4.33. The van der Waals surface area contributed by atoms with Gasteiger partial charge in [-0.15, -0.1) is 0 Å². The molecule has 0 spiro atoms. The van der Waals surface area contributed by atoms with Crippen molar-refractivity contribution in [1.29, 1.82) is 0 Å². The SMILES string of the molecule is CCN1C=NN(C(C)C)C1C(Cl)(Cl)Cl. The Morgan fingerprint density at radius 3 is 2.36 bits per heavy atom. The van der Waals surface area contributed by atoms with Crippen molar-refractivity contribution in [3.63, 3.8) is 0 Å². The molecule has 6 heteroatoms. The van der Waals surface area contributed by atoms with Crippen molar-refractivity contribution in [2.45, 2.75) is 36.8 Å². The summed E-state index contributed by atoms with van der Waals surface area (Å²) in [6.07, 6.45) is 1.41. The molecule has 1 aliphatic heterocycles. The van der Waals surface area contributed by atoms with Crippen molar-refractivity contribution in [1.82, 2.24) is 9.91 Å². The second-order valence-electron chi connectivity index (χ2n) is 3.45. The topological polar surface area (TPSA) is 18.8 Å². The number of hydrogen-bond acceptors (Lipinski definition) is 3. The number of alkyl halides is 3. The predicted molar refractivity (Wildman–Crippen MR) is 61.9 cm³/mol. The van der Waals surface area contributed by atoms with Crippen LogP contribution in [0.3, 0.4) is 0 Å². The van der Waals surface area contributed by atoms with Crippen LogP contribution in [0.5, 0.6) is 0 Å². The predicted octanol–water partition coefficient (Wildman–Crippen LogP) is 2.67. The van der Waals surface area contributed by atoms with Crippen LogP contribution in [-0.2, 0) is 0 Å². The molecule has 1 rings (SSSR count). The average Bonchev–Trinajstić information content (AvgIpc) is 2.45. The Bertz CT molecular complexity index is 224. The Kier molecular flexibility index (Phi) is 3.78. The van der Waals surface area contributed by atoms with E-state index in [0.717, 1.165) is 6.54 Å². The lowest BCUT2D eigenvalue weighted by atomic mass is 10.3. The summed E-state index contributed by atoms with van der Waals surface area (Å²) in [6, 6.07) is 0.212. The van der Waals surface area contributed by atoms with Gasteiger partial charge in [0.05, 0.1) is 0 Å². The molecule has 0 aromatic carbocycles. The van der Waals surface area contributed by atoms with Gasteiger partial charge in [-0.05, 0) is 20.8 Å². The van der Waals surface area contributed by atoms with E-state index in [2.05, 4.69) is 5.10 Å². The Balaban J connectivity index is 2.85. The van der Waals surface area contributed by atoms with Crippen LogP contribution in [-0.4, -0.2) is 38.8 Å². The van der Waals surface area contributed by atoms with Crippen molar-refractivity contribution < 1.29 is 0 Å². The summed E-state index contributed by atoms with van der Waals surface area (Å²) in [7, 11) is 0. The second-order valence-corrected chi connectivity index (χ2v) is 5.82. The van der Waals surface area contributed by atoms with Gasteiger partial charge in [-0.25, -0.2) is 0 Å². The highest BCUT2D eigenvalue weighted by molar-refractivity contribution is 6.68. The zero-order valence-corrected chi connectivity index (χ0v) is 10.7. The summed E-state index contributed by atoms with van der Waals surface area (Å²) < 4.78 is -1.35. The van der Waals surface area contributed by atoms with Crippen LogP contribution in [0.4, 0.5) is 0 Å². The van der Waals surface area contributed by atoms with Crippen LogP contribution in [0, 0.1) is 0 Å². The smallest absolute Gasteiger partial charge is 0.230 e. The third-order valence-electron chi connectivity index (χ3n) is 2.09. The summed E-state index contributed by atoms with van der Waals surface area (Å²) in [5.41, 5.74) is 0. The molecule has 0 amide bonds. The van der Waals surface area contributed by atoms with Crippen molar-refractivity contribution in [3.8, 4) is 0 Å². The third kappa shape index (κ3) is 2.38. The van der Waals surface area contributed by atoms with E-state index in [1.807, 2.05) is 25.7 Å². The lowest BCUT2D eigenvalue weighted by Gasteiger charge is -2.36. The molecule has 1 heterocycles. The van der Waals surface area contributed by atoms with Crippen molar-refractivity contribution in [2.24, 2.45) is 5.10 Å². The first-order valence-corrected chi connectivity index (χ1v) is 5.66. The van der Waals surface area contributed by atoms with Gasteiger partial charge in [-0.2, -0.15) is 5.10 Å². The van der Waals surface area contributed by atoms with Crippen molar-refractivity contribution >= 4 is 41.1 Å². The zero-order valence-electron chi connectivity index (χ0n) is 8.41. The third-order valence-corrected chi connectivity index (χ3v) is 2.67. The number of rotatable bonds is 2. The monoisotopic (exact) mass is 257 g/mol. The molecule has 1 unspecified atom stereocenters. The molecular weight excluding hydrogens is 244 g/mol. The van der Waals surface area contributed by atoms with Gasteiger partial charge in [0, 0.05) is 12.6 Å². The van der Waals surface area contributed by atoms with Crippen LogP contribution in [0.2, 0.25) is 0 Å². The molecule has 1 aliphatic rings. The molecule has 0 bridgehead atoms. The Morgan fingerprint density at radius 2 is 2.00 bits per heavy atom. The Morgan fingerprint density at radius 1 is 1.43 bits per heavy atom. The Hall–Kier alpha value is 0.140. The van der Waals surface area contributed by atoms with Crippen molar-refractivity contribution in [2.75, 3.05) is 6.54 Å². The minimum Gasteiger partial charge on any atom is -0.336 e. The maximum absolute atomic E-state index is 5.92. The molecule has 0 N–H and O–H groups in total. The number of hydrazone groups is 1. The van der Waals surface area contributed by atoms with Crippen LogP contribution >= 0.6 is 34.8 Å². The van der Waals surface area contributed by atoms with Crippen LogP contribution in [0.25, 0.3) is 0 Å². The molecule has 3 nitrogen and oxygen atoms in total. The first-order valence-electron chi connectivity index (χ1n) is 4.52. The number of nitrogens with zero attached hydrogens (tertiary/aromatic N) is 3. The maximum Gasteiger partial charge on any atom is 0.230 e. The van der Waals surface area contributed by atoms with Gasteiger partial charge in [0.25, 0.3) is 0 Å². The van der Waals surface area contributed by atoms with E-state index in [4.69, 9.17) is 34.8 Å². The van der Waals surface area contributed by atoms with E-state index < -0.39 is 3.79 Å². The molecule has 1 atom stereocenters. The molecule has 0 radical (unpaired) electrons. The highest BCUT2D eigenvalue weighted by Crippen LogP contribution is 2.37. The molecule has 0 aromatic rings. The summed E-state index contributed by atoms with van der Waals surface area (Å²) in [6.45, 7) is 6.80. The van der Waals surface area contributed by atoms with Crippen LogP contribution in [0.15, 0.2) is 5.10 Å². The molecule has 14 heavy (non-hydrogen) atoms. The van der Waals surface area contributed by atoms with Gasteiger partial charge >= 0.3 is 0 Å². The minimum atomic E-state index is -1.35. The van der Waals surface area contributed by atoms with Gasteiger partial charge in [0.1, 0.15) is 6.34 Å². The zero-order chi connectivity index (χ0) is 10.9. The molecule has 0 fully saturated rings. The lowest BCUT2D eigenvalue weighted by Crippen LogP contribution is -2.50. The van der Waals surface area contributed by atoms with Gasteiger partial charge < -0.3 is 4.90 Å².